The summed E-state index contributed by atoms with van der Waals surface area (Å²) in [7, 11) is 0. The molecule has 3 heteroatoms. The molecule has 4 aliphatic rings. The average Bonchev–Trinajstić information content (AvgIpc) is 3.26. The maximum absolute atomic E-state index is 12.9. The highest BCUT2D eigenvalue weighted by Gasteiger charge is 2.59. The van der Waals surface area contributed by atoms with Gasteiger partial charge < -0.3 is 4.74 Å². The lowest BCUT2D eigenvalue weighted by molar-refractivity contribution is -0.145. The van der Waals surface area contributed by atoms with Crippen LogP contribution in [0.3, 0.4) is 0 Å². The Morgan fingerprint density at radius 2 is 1.79 bits per heavy atom. The zero-order valence-electron chi connectivity index (χ0n) is 25.1. The van der Waals surface area contributed by atoms with Crippen molar-refractivity contribution in [1.82, 2.24) is 0 Å². The summed E-state index contributed by atoms with van der Waals surface area (Å²) in [5.74, 6) is 4.88. The van der Waals surface area contributed by atoms with Gasteiger partial charge in [-0.15, -0.1) is 0 Å². The molecule has 4 aliphatic carbocycles. The van der Waals surface area contributed by atoms with Gasteiger partial charge in [-0.3, -0.25) is 0 Å². The van der Waals surface area contributed by atoms with Crippen molar-refractivity contribution in [2.45, 2.75) is 111 Å². The number of allylic oxidation sites excluding steroid dienone is 1. The van der Waals surface area contributed by atoms with E-state index in [2.05, 4.69) is 56.6 Å². The first kappa shape index (κ1) is 29.2. The first-order valence-corrected chi connectivity index (χ1v) is 16.7. The van der Waals surface area contributed by atoms with Crippen molar-refractivity contribution in [2.75, 3.05) is 0 Å². The predicted octanol–water partition coefficient (Wildman–Crippen LogP) is 10.4. The summed E-state index contributed by atoms with van der Waals surface area (Å²) in [4.78, 5) is 12.9. The molecule has 8 atom stereocenters. The van der Waals surface area contributed by atoms with Gasteiger partial charge in [-0.1, -0.05) is 95.9 Å². The van der Waals surface area contributed by atoms with Crippen LogP contribution in [0.4, 0.5) is 0 Å². The molecular weight excluding hydrogens is 544 g/mol. The van der Waals surface area contributed by atoms with E-state index in [4.69, 9.17) is 4.74 Å². The van der Waals surface area contributed by atoms with Gasteiger partial charge in [0.1, 0.15) is 10.6 Å². The first-order valence-electron chi connectivity index (χ1n) is 15.9. The molecule has 0 spiro atoms. The first-order chi connectivity index (χ1) is 18.6. The zero-order valence-corrected chi connectivity index (χ0v) is 26.6. The number of carbonyl (C=O) groups is 1. The summed E-state index contributed by atoms with van der Waals surface area (Å²) < 4.78 is 6.53. The summed E-state index contributed by atoms with van der Waals surface area (Å²) >= 11 is 3.47. The fourth-order valence-electron chi connectivity index (χ4n) is 9.71. The molecule has 0 N–H and O–H groups in total. The number of esters is 1. The monoisotopic (exact) mass is 594 g/mol. The van der Waals surface area contributed by atoms with Crippen LogP contribution in [0, 0.1) is 46.3 Å². The van der Waals surface area contributed by atoms with Crippen molar-refractivity contribution in [3.8, 4) is 0 Å². The standard InChI is InChI=1S/C36H51BrO2/c1-24(2)10-9-11-25(3)30-16-17-31-29-15-14-27-23-28(18-20-35(27,4)32(29)19-21-36(30,31)5)39-34(38)33(37)22-26-12-7-6-8-13-26/h6-8,12-14,22,24-25,28-32H,9-11,15-21,23H2,1-5H3/b33-22-/t25-,28+,29?,30-,31?,32?,35+,36-/m1/s1. The normalized spacial score (nSPS) is 36.9. The quantitative estimate of drug-likeness (QED) is 0.170. The number of carbonyl (C=O) groups excluding carboxylic acids is 1. The third-order valence-electron chi connectivity index (χ3n) is 11.8. The van der Waals surface area contributed by atoms with E-state index in [-0.39, 0.29) is 17.5 Å². The van der Waals surface area contributed by atoms with Gasteiger partial charge >= 0.3 is 5.97 Å². The van der Waals surface area contributed by atoms with Gasteiger partial charge in [0.05, 0.1) is 0 Å². The highest BCUT2D eigenvalue weighted by molar-refractivity contribution is 9.12. The second kappa shape index (κ2) is 11.9. The van der Waals surface area contributed by atoms with Crippen LogP contribution in [0.1, 0.15) is 111 Å². The lowest BCUT2D eigenvalue weighted by Gasteiger charge is -2.58. The van der Waals surface area contributed by atoms with Crippen molar-refractivity contribution in [2.24, 2.45) is 46.3 Å². The van der Waals surface area contributed by atoms with Crippen molar-refractivity contribution >= 4 is 28.0 Å². The van der Waals surface area contributed by atoms with Crippen LogP contribution in [-0.4, -0.2) is 12.1 Å². The number of benzene rings is 1. The van der Waals surface area contributed by atoms with E-state index < -0.39 is 0 Å². The van der Waals surface area contributed by atoms with Gasteiger partial charge in [0, 0.05) is 6.42 Å². The molecule has 0 aliphatic heterocycles. The number of ether oxygens (including phenoxy) is 1. The average molecular weight is 596 g/mol. The highest BCUT2D eigenvalue weighted by atomic mass is 79.9. The van der Waals surface area contributed by atoms with Crippen LogP contribution in [0.15, 0.2) is 46.5 Å². The van der Waals surface area contributed by atoms with Gasteiger partial charge in [-0.05, 0) is 119 Å². The van der Waals surface area contributed by atoms with Crippen LogP contribution in [0.5, 0.6) is 0 Å². The number of fused-ring (bicyclic) bond motifs is 5. The molecule has 1 aromatic rings. The summed E-state index contributed by atoms with van der Waals surface area (Å²) in [6, 6.07) is 9.95. The Morgan fingerprint density at radius 1 is 1.03 bits per heavy atom. The van der Waals surface area contributed by atoms with Gasteiger partial charge in [-0.2, -0.15) is 0 Å². The molecule has 3 fully saturated rings. The summed E-state index contributed by atoms with van der Waals surface area (Å²) in [5.41, 5.74) is 3.40. The summed E-state index contributed by atoms with van der Waals surface area (Å²) in [6.45, 7) is 12.5. The third-order valence-corrected chi connectivity index (χ3v) is 12.4. The molecule has 2 nitrogen and oxygen atoms in total. The number of rotatable bonds is 8. The molecule has 3 saturated carbocycles. The number of hydrogen-bond acceptors (Lipinski definition) is 2. The Hall–Kier alpha value is -1.35. The fourth-order valence-corrected chi connectivity index (χ4v) is 10.1. The minimum atomic E-state index is -0.241. The number of hydrogen-bond donors (Lipinski definition) is 0. The SMILES string of the molecule is CC(C)CCC[C@@H](C)[C@H]1CCC2C3CC=C4C[C@@H](OC(=O)/C(Br)=C/c5ccccc5)CC[C@]4(C)C3CC[C@@]21C. The van der Waals surface area contributed by atoms with E-state index in [9.17, 15) is 4.79 Å². The minimum Gasteiger partial charge on any atom is -0.458 e. The lowest BCUT2D eigenvalue weighted by Crippen LogP contribution is -2.51. The van der Waals surface area contributed by atoms with Crippen molar-refractivity contribution in [3.05, 3.63) is 52.0 Å². The molecule has 0 aromatic heterocycles. The molecule has 0 heterocycles. The van der Waals surface area contributed by atoms with Gasteiger partial charge in [0.15, 0.2) is 0 Å². The minimum absolute atomic E-state index is 0.0125. The molecule has 214 valence electrons. The van der Waals surface area contributed by atoms with Gasteiger partial charge in [-0.25, -0.2) is 4.79 Å². The summed E-state index contributed by atoms with van der Waals surface area (Å²) in [6.07, 6.45) is 18.6. The van der Waals surface area contributed by atoms with E-state index in [1.807, 2.05) is 36.4 Å². The molecule has 0 bridgehead atoms. The van der Waals surface area contributed by atoms with Crippen LogP contribution < -0.4 is 0 Å². The number of halogens is 1. The Bertz CT molecular complexity index is 1070. The third kappa shape index (κ3) is 5.86. The molecule has 1 aromatic carbocycles. The summed E-state index contributed by atoms with van der Waals surface area (Å²) in [5, 5.41) is 0. The molecule has 3 unspecified atom stereocenters. The maximum Gasteiger partial charge on any atom is 0.345 e. The van der Waals surface area contributed by atoms with Crippen LogP contribution >= 0.6 is 15.9 Å². The van der Waals surface area contributed by atoms with Gasteiger partial charge in [0.2, 0.25) is 0 Å². The van der Waals surface area contributed by atoms with Crippen molar-refractivity contribution in [3.63, 3.8) is 0 Å². The van der Waals surface area contributed by atoms with E-state index in [0.29, 0.717) is 9.90 Å². The molecule has 0 saturated heterocycles. The van der Waals surface area contributed by atoms with Crippen LogP contribution in [0.25, 0.3) is 6.08 Å². The maximum atomic E-state index is 12.9. The second-order valence-electron chi connectivity index (χ2n) is 14.5. The van der Waals surface area contributed by atoms with Crippen LogP contribution in [-0.2, 0) is 9.53 Å². The smallest absolute Gasteiger partial charge is 0.345 e. The van der Waals surface area contributed by atoms with E-state index in [0.717, 1.165) is 60.3 Å². The fraction of sp³-hybridized carbons (Fsp3) is 0.694. The Kier molecular flexibility index (Phi) is 8.87. The molecular formula is C36H51BrO2. The second-order valence-corrected chi connectivity index (χ2v) is 15.3. The zero-order chi connectivity index (χ0) is 27.8. The topological polar surface area (TPSA) is 26.3 Å². The van der Waals surface area contributed by atoms with E-state index in [1.165, 1.54) is 51.4 Å². The van der Waals surface area contributed by atoms with Crippen molar-refractivity contribution in [1.29, 1.82) is 0 Å². The molecule has 0 amide bonds. The van der Waals surface area contributed by atoms with Gasteiger partial charge in [0.25, 0.3) is 0 Å². The van der Waals surface area contributed by atoms with E-state index >= 15 is 0 Å². The molecule has 39 heavy (non-hydrogen) atoms. The largest absolute Gasteiger partial charge is 0.458 e. The Balaban J connectivity index is 1.23. The predicted molar refractivity (Wildman–Crippen MR) is 166 cm³/mol. The Morgan fingerprint density at radius 3 is 2.54 bits per heavy atom. The molecule has 0 radical (unpaired) electrons. The van der Waals surface area contributed by atoms with Crippen LogP contribution in [0.2, 0.25) is 0 Å². The highest BCUT2D eigenvalue weighted by Crippen LogP contribution is 2.67. The Labute approximate surface area is 246 Å². The van der Waals surface area contributed by atoms with E-state index in [1.54, 1.807) is 5.57 Å². The van der Waals surface area contributed by atoms with Crippen molar-refractivity contribution < 1.29 is 9.53 Å². The molecule has 5 rings (SSSR count). The lowest BCUT2D eigenvalue weighted by atomic mass is 9.47.